The Morgan fingerprint density at radius 1 is 1.23 bits per heavy atom. The molecule has 2 aromatic heterocycles. The van der Waals surface area contributed by atoms with Gasteiger partial charge < -0.3 is 9.30 Å². The Bertz CT molecular complexity index is 1120. The number of nitrogens with one attached hydrogen (secondary N) is 1. The second-order valence-corrected chi connectivity index (χ2v) is 8.02. The summed E-state index contributed by atoms with van der Waals surface area (Å²) < 4.78 is 7.40. The summed E-state index contributed by atoms with van der Waals surface area (Å²) in [5, 5.41) is 0.831. The van der Waals surface area contributed by atoms with E-state index in [4.69, 9.17) is 26.2 Å². The molecule has 3 heterocycles. The van der Waals surface area contributed by atoms with Crippen LogP contribution in [0.5, 0.6) is 5.88 Å². The van der Waals surface area contributed by atoms with Crippen molar-refractivity contribution >= 4 is 17.4 Å². The predicted octanol–water partition coefficient (Wildman–Crippen LogP) is 4.14. The van der Waals surface area contributed by atoms with Crippen LogP contribution in [0.1, 0.15) is 47.3 Å². The topological polar surface area (TPSA) is 73.6 Å². The van der Waals surface area contributed by atoms with Gasteiger partial charge in [0.15, 0.2) is 5.84 Å². The van der Waals surface area contributed by atoms with Crippen molar-refractivity contribution < 1.29 is 9.57 Å². The lowest BCUT2D eigenvalue weighted by molar-refractivity contribution is 0.0620. The van der Waals surface area contributed by atoms with Gasteiger partial charge >= 0.3 is 0 Å². The molecule has 30 heavy (non-hydrogen) atoms. The Morgan fingerprint density at radius 3 is 2.83 bits per heavy atom. The van der Waals surface area contributed by atoms with Gasteiger partial charge in [0.1, 0.15) is 24.0 Å². The van der Waals surface area contributed by atoms with Crippen LogP contribution in [0.25, 0.3) is 5.69 Å². The van der Waals surface area contributed by atoms with E-state index >= 15 is 0 Å². The predicted molar refractivity (Wildman–Crippen MR) is 114 cm³/mol. The maximum Gasteiger partial charge on any atom is 0.238 e. The average molecular weight is 424 g/mol. The number of rotatable bonds is 5. The second kappa shape index (κ2) is 7.74. The van der Waals surface area contributed by atoms with Gasteiger partial charge in [-0.3, -0.25) is 9.83 Å². The number of aliphatic imine (C=N–C) groups is 1. The molecule has 1 atom stereocenters. The van der Waals surface area contributed by atoms with Crippen LogP contribution >= 0.6 is 11.6 Å². The quantitative estimate of drug-likeness (QED) is 0.667. The number of ether oxygens (including phenoxy) is 1. The first kappa shape index (κ1) is 19.1. The van der Waals surface area contributed by atoms with Crippen LogP contribution in [0.3, 0.4) is 0 Å². The van der Waals surface area contributed by atoms with Crippen LogP contribution in [0.4, 0.5) is 0 Å². The molecule has 5 rings (SSSR count). The Morgan fingerprint density at radius 2 is 2.10 bits per heavy atom. The molecule has 0 bridgehead atoms. The molecule has 7 nitrogen and oxygen atoms in total. The molecule has 0 amide bonds. The Hall–Kier alpha value is -2.90. The number of hydrogen-bond donors (Lipinski definition) is 1. The van der Waals surface area contributed by atoms with Gasteiger partial charge in [-0.15, -0.1) is 0 Å². The molecule has 0 saturated heterocycles. The Labute approximate surface area is 179 Å². The Balaban J connectivity index is 1.46. The number of pyridine rings is 1. The summed E-state index contributed by atoms with van der Waals surface area (Å²) in [6.45, 7) is 2.38. The smallest absolute Gasteiger partial charge is 0.238 e. The van der Waals surface area contributed by atoms with E-state index in [1.54, 1.807) is 13.4 Å². The SMILES string of the molecule is COc1nc(C2=NC(c3ccc(Cl)c(C4CC4)c3)CON2)ccc1-n1cnc(C)c1. The molecule has 1 aliphatic heterocycles. The summed E-state index contributed by atoms with van der Waals surface area (Å²) in [7, 11) is 1.60. The molecule has 1 saturated carbocycles. The highest BCUT2D eigenvalue weighted by molar-refractivity contribution is 6.31. The van der Waals surface area contributed by atoms with Crippen LogP contribution in [0, 0.1) is 6.92 Å². The first-order valence-electron chi connectivity index (χ1n) is 9.93. The fourth-order valence-electron chi connectivity index (χ4n) is 3.64. The van der Waals surface area contributed by atoms with Crippen molar-refractivity contribution in [2.45, 2.75) is 31.7 Å². The average Bonchev–Trinajstić information content (AvgIpc) is 3.53. The summed E-state index contributed by atoms with van der Waals surface area (Å²) in [6.07, 6.45) is 6.06. The normalized spacial score (nSPS) is 18.6. The summed E-state index contributed by atoms with van der Waals surface area (Å²) in [4.78, 5) is 19.4. The van der Waals surface area contributed by atoms with Crippen LogP contribution in [-0.2, 0) is 4.84 Å². The van der Waals surface area contributed by atoms with E-state index in [1.807, 2.05) is 42.0 Å². The van der Waals surface area contributed by atoms with E-state index < -0.39 is 0 Å². The summed E-state index contributed by atoms with van der Waals surface area (Å²) in [5.74, 6) is 1.63. The number of halogens is 1. The zero-order valence-electron chi connectivity index (χ0n) is 16.8. The lowest BCUT2D eigenvalue weighted by Crippen LogP contribution is -2.33. The first-order chi connectivity index (χ1) is 14.6. The lowest BCUT2D eigenvalue weighted by atomic mass is 10.0. The van der Waals surface area contributed by atoms with Gasteiger partial charge in [0, 0.05) is 11.2 Å². The molecule has 154 valence electrons. The zero-order valence-corrected chi connectivity index (χ0v) is 17.6. The number of nitrogens with zero attached hydrogens (tertiary/aromatic N) is 4. The van der Waals surface area contributed by atoms with Crippen LogP contribution in [0.15, 0.2) is 47.8 Å². The maximum absolute atomic E-state index is 6.39. The van der Waals surface area contributed by atoms with Crippen molar-refractivity contribution in [2.24, 2.45) is 4.99 Å². The zero-order chi connectivity index (χ0) is 20.7. The summed E-state index contributed by atoms with van der Waals surface area (Å²) >= 11 is 6.39. The number of hydroxylamine groups is 1. The molecule has 8 heteroatoms. The maximum atomic E-state index is 6.39. The second-order valence-electron chi connectivity index (χ2n) is 7.61. The van der Waals surface area contributed by atoms with Gasteiger partial charge in [0.05, 0.1) is 19.1 Å². The highest BCUT2D eigenvalue weighted by Crippen LogP contribution is 2.44. The lowest BCUT2D eigenvalue weighted by Gasteiger charge is -2.23. The van der Waals surface area contributed by atoms with Crippen molar-refractivity contribution in [3.8, 4) is 11.6 Å². The molecular formula is C22H22ClN5O2. The minimum Gasteiger partial charge on any atom is -0.479 e. The van der Waals surface area contributed by atoms with Crippen molar-refractivity contribution in [3.05, 3.63) is 70.4 Å². The van der Waals surface area contributed by atoms with Gasteiger partial charge in [-0.05, 0) is 55.0 Å². The van der Waals surface area contributed by atoms with E-state index in [0.717, 1.165) is 22.0 Å². The minimum absolute atomic E-state index is 0.125. The highest BCUT2D eigenvalue weighted by atomic mass is 35.5. The minimum atomic E-state index is -0.125. The standard InChI is InChI=1S/C22H22ClN5O2/c1-13-10-28(12-24-13)20-8-7-18(26-22(20)29-2)21-25-19(11-30-27-21)15-5-6-17(23)16(9-15)14-3-4-14/h5-10,12,14,19H,3-4,11H2,1-2H3,(H,25,27). The monoisotopic (exact) mass is 423 g/mol. The molecular weight excluding hydrogens is 402 g/mol. The van der Waals surface area contributed by atoms with Crippen molar-refractivity contribution in [3.63, 3.8) is 0 Å². The van der Waals surface area contributed by atoms with Crippen LogP contribution < -0.4 is 10.2 Å². The van der Waals surface area contributed by atoms with Crippen molar-refractivity contribution in [2.75, 3.05) is 13.7 Å². The van der Waals surface area contributed by atoms with E-state index in [-0.39, 0.29) is 6.04 Å². The third-order valence-electron chi connectivity index (χ3n) is 5.38. The van der Waals surface area contributed by atoms with Gasteiger partial charge in [-0.1, -0.05) is 23.7 Å². The van der Waals surface area contributed by atoms with Gasteiger partial charge in [0.2, 0.25) is 5.88 Å². The van der Waals surface area contributed by atoms with Crippen molar-refractivity contribution in [1.29, 1.82) is 0 Å². The van der Waals surface area contributed by atoms with Gasteiger partial charge in [0.25, 0.3) is 0 Å². The van der Waals surface area contributed by atoms with E-state index in [0.29, 0.717) is 29.9 Å². The van der Waals surface area contributed by atoms with Crippen LogP contribution in [0.2, 0.25) is 5.02 Å². The number of aryl methyl sites for hydroxylation is 1. The molecule has 1 N–H and O–H groups in total. The van der Waals surface area contributed by atoms with Gasteiger partial charge in [-0.2, -0.15) is 0 Å². The number of amidine groups is 1. The summed E-state index contributed by atoms with van der Waals surface area (Å²) in [5.41, 5.74) is 7.58. The van der Waals surface area contributed by atoms with Crippen molar-refractivity contribution in [1.82, 2.24) is 20.0 Å². The van der Waals surface area contributed by atoms with E-state index in [1.165, 1.54) is 18.4 Å². The highest BCUT2D eigenvalue weighted by Gasteiger charge is 2.28. The fraction of sp³-hybridized carbons (Fsp3) is 0.318. The molecule has 1 aliphatic carbocycles. The first-order valence-corrected chi connectivity index (χ1v) is 10.3. The third-order valence-corrected chi connectivity index (χ3v) is 5.73. The fourth-order valence-corrected chi connectivity index (χ4v) is 3.91. The number of imidazole rings is 1. The van der Waals surface area contributed by atoms with E-state index in [2.05, 4.69) is 21.5 Å². The molecule has 2 aliphatic rings. The molecule has 0 spiro atoms. The van der Waals surface area contributed by atoms with Gasteiger partial charge in [-0.25, -0.2) is 15.4 Å². The molecule has 1 aromatic carbocycles. The Kier molecular flexibility index (Phi) is 4.92. The molecule has 3 aromatic rings. The third kappa shape index (κ3) is 3.66. The number of benzene rings is 1. The van der Waals surface area contributed by atoms with E-state index in [9.17, 15) is 0 Å². The number of hydrogen-bond acceptors (Lipinski definition) is 6. The molecule has 1 unspecified atom stereocenters. The summed E-state index contributed by atoms with van der Waals surface area (Å²) in [6, 6.07) is 9.85. The molecule has 1 fully saturated rings. The molecule has 0 radical (unpaired) electrons. The van der Waals surface area contributed by atoms with Crippen LogP contribution in [-0.4, -0.2) is 34.1 Å². The number of methoxy groups -OCH3 is 1. The largest absolute Gasteiger partial charge is 0.479 e. The number of aromatic nitrogens is 3.